The second-order valence-electron chi connectivity index (χ2n) is 21.8. The number of hydrogen-bond donors (Lipinski definition) is 9. The molecular weight excluding hydrogens is 919 g/mol. The quantitative estimate of drug-likeness (QED) is 0.0259. The Hall–Kier alpha value is -1.01. The van der Waals surface area contributed by atoms with Gasteiger partial charge in [-0.05, 0) is 12.8 Å². The molecule has 1 amide bonds. The van der Waals surface area contributed by atoms with Gasteiger partial charge < -0.3 is 65.1 Å². The van der Waals surface area contributed by atoms with E-state index in [1.807, 2.05) is 0 Å². The third-order valence-electron chi connectivity index (χ3n) is 15.3. The number of unbranched alkanes of at least 4 members (excludes halogenated alkanes) is 36. The molecule has 2 aliphatic rings. The maximum Gasteiger partial charge on any atom is 0.220 e. The largest absolute Gasteiger partial charge is 0.394 e. The first kappa shape index (κ1) is 67.1. The van der Waals surface area contributed by atoms with Crippen molar-refractivity contribution in [2.24, 2.45) is 0 Å². The maximum absolute atomic E-state index is 13.1. The van der Waals surface area contributed by atoms with E-state index in [4.69, 9.17) is 18.9 Å². The van der Waals surface area contributed by atoms with Gasteiger partial charge in [-0.2, -0.15) is 0 Å². The van der Waals surface area contributed by atoms with E-state index in [-0.39, 0.29) is 12.5 Å². The van der Waals surface area contributed by atoms with Crippen molar-refractivity contribution >= 4 is 5.91 Å². The number of carbonyl (C=O) groups is 1. The van der Waals surface area contributed by atoms with Crippen molar-refractivity contribution in [1.82, 2.24) is 5.32 Å². The lowest BCUT2D eigenvalue weighted by Gasteiger charge is -2.46. The van der Waals surface area contributed by atoms with E-state index in [0.717, 1.165) is 51.4 Å². The number of rotatable bonds is 49. The van der Waals surface area contributed by atoms with Gasteiger partial charge in [-0.15, -0.1) is 0 Å². The molecule has 14 heteroatoms. The molecule has 0 aromatic rings. The molecule has 2 rings (SSSR count). The summed E-state index contributed by atoms with van der Waals surface area (Å²) in [5, 5.41) is 87.0. The summed E-state index contributed by atoms with van der Waals surface area (Å²) in [6.07, 6.45) is 33.0. The Labute approximate surface area is 438 Å². The Balaban J connectivity index is 1.61. The van der Waals surface area contributed by atoms with Gasteiger partial charge in [0.15, 0.2) is 12.6 Å². The first-order valence-electron chi connectivity index (χ1n) is 30.3. The zero-order chi connectivity index (χ0) is 52.4. The smallest absolute Gasteiger partial charge is 0.220 e. The molecule has 9 N–H and O–H groups in total. The monoisotopic (exact) mass is 1030 g/mol. The fourth-order valence-corrected chi connectivity index (χ4v) is 10.4. The standard InChI is InChI=1S/C58H113NO13/c1-3-5-7-9-11-13-14-15-16-17-18-19-20-21-22-23-24-25-26-27-28-29-30-31-32-33-34-35-37-39-41-47(62)46(59-50(63)42-40-38-36-12-10-8-6-4-2)45-69-57-55(68)53(66)56(49(44-61)71-57)72-58-54(67)52(65)51(64)48(43-60)70-58/h46-49,51-58,60-62,64-68H,3-45H2,1-2H3,(H,59,63). The summed E-state index contributed by atoms with van der Waals surface area (Å²) >= 11 is 0. The van der Waals surface area contributed by atoms with Gasteiger partial charge in [0, 0.05) is 6.42 Å². The van der Waals surface area contributed by atoms with Gasteiger partial charge in [0.1, 0.15) is 48.8 Å². The lowest BCUT2D eigenvalue weighted by atomic mass is 9.97. The highest BCUT2D eigenvalue weighted by Crippen LogP contribution is 2.30. The first-order valence-corrected chi connectivity index (χ1v) is 30.3. The molecule has 428 valence electrons. The summed E-state index contributed by atoms with van der Waals surface area (Å²) < 4.78 is 22.8. The van der Waals surface area contributed by atoms with Gasteiger partial charge >= 0.3 is 0 Å². The zero-order valence-corrected chi connectivity index (χ0v) is 46.0. The minimum absolute atomic E-state index is 0.208. The van der Waals surface area contributed by atoms with Crippen LogP contribution in [0.1, 0.15) is 271 Å². The molecule has 2 heterocycles. The van der Waals surface area contributed by atoms with E-state index in [1.54, 1.807) is 0 Å². The number of carbonyl (C=O) groups excluding carboxylic acids is 1. The highest BCUT2D eigenvalue weighted by atomic mass is 16.7. The summed E-state index contributed by atoms with van der Waals surface area (Å²) in [4.78, 5) is 13.1. The van der Waals surface area contributed by atoms with Gasteiger partial charge in [-0.25, -0.2) is 0 Å². The molecule has 12 atom stereocenters. The van der Waals surface area contributed by atoms with E-state index in [0.29, 0.717) is 12.8 Å². The number of ether oxygens (including phenoxy) is 4. The molecule has 72 heavy (non-hydrogen) atoms. The number of aliphatic hydroxyl groups excluding tert-OH is 8. The minimum atomic E-state index is -1.78. The fraction of sp³-hybridized carbons (Fsp3) is 0.983. The van der Waals surface area contributed by atoms with E-state index < -0.39 is 86.8 Å². The predicted octanol–water partition coefficient (Wildman–Crippen LogP) is 10.1. The number of amides is 1. The van der Waals surface area contributed by atoms with Crippen LogP contribution < -0.4 is 5.32 Å². The molecule has 0 radical (unpaired) electrons. The normalized spacial score (nSPS) is 25.5. The van der Waals surface area contributed by atoms with Crippen LogP contribution >= 0.6 is 0 Å². The summed E-state index contributed by atoms with van der Waals surface area (Å²) in [6, 6.07) is -0.821. The van der Waals surface area contributed by atoms with Crippen LogP contribution in [0.5, 0.6) is 0 Å². The number of hydrogen-bond acceptors (Lipinski definition) is 13. The van der Waals surface area contributed by atoms with Crippen molar-refractivity contribution in [1.29, 1.82) is 0 Å². The molecule has 0 bridgehead atoms. The highest BCUT2D eigenvalue weighted by molar-refractivity contribution is 5.76. The van der Waals surface area contributed by atoms with Crippen LogP contribution in [0.25, 0.3) is 0 Å². The maximum atomic E-state index is 13.1. The van der Waals surface area contributed by atoms with Crippen molar-refractivity contribution in [3.05, 3.63) is 0 Å². The third-order valence-corrected chi connectivity index (χ3v) is 15.3. The second-order valence-corrected chi connectivity index (χ2v) is 21.8. The average molecular weight is 1030 g/mol. The average Bonchev–Trinajstić information content (AvgIpc) is 3.38. The van der Waals surface area contributed by atoms with Crippen LogP contribution in [0.3, 0.4) is 0 Å². The topological polar surface area (TPSA) is 228 Å². The fourth-order valence-electron chi connectivity index (χ4n) is 10.4. The molecule has 2 aliphatic heterocycles. The third kappa shape index (κ3) is 30.7. The molecule has 0 saturated carbocycles. The van der Waals surface area contributed by atoms with Crippen molar-refractivity contribution in [3.8, 4) is 0 Å². The van der Waals surface area contributed by atoms with Crippen molar-refractivity contribution in [3.63, 3.8) is 0 Å². The van der Waals surface area contributed by atoms with Gasteiger partial charge in [-0.1, -0.05) is 251 Å². The van der Waals surface area contributed by atoms with E-state index in [2.05, 4.69) is 19.2 Å². The number of aliphatic hydroxyl groups is 8. The Bertz CT molecular complexity index is 1220. The Morgan fingerprint density at radius 2 is 0.792 bits per heavy atom. The number of nitrogens with one attached hydrogen (secondary N) is 1. The summed E-state index contributed by atoms with van der Waals surface area (Å²) in [5.41, 5.74) is 0. The summed E-state index contributed by atoms with van der Waals surface area (Å²) in [5.74, 6) is -0.208. The van der Waals surface area contributed by atoms with Crippen LogP contribution in [-0.4, -0.2) is 140 Å². The molecule has 2 saturated heterocycles. The summed E-state index contributed by atoms with van der Waals surface area (Å²) in [6.45, 7) is 2.85. The SMILES string of the molecule is CCCCCCCCCCCCCCCCCCCCCCCCCCCCCCCCC(O)C(COC1OC(CO)C(OC2OC(CO)C(O)C(O)C2O)C(O)C1O)NC(=O)CCCCCCCCCC. The Morgan fingerprint density at radius 3 is 1.18 bits per heavy atom. The molecule has 12 unspecified atom stereocenters. The molecule has 14 nitrogen and oxygen atoms in total. The van der Waals surface area contributed by atoms with Gasteiger partial charge in [0.05, 0.1) is 32.0 Å². The predicted molar refractivity (Wildman–Crippen MR) is 286 cm³/mol. The molecule has 0 spiro atoms. The molecular formula is C58H113NO13. The van der Waals surface area contributed by atoms with E-state index in [9.17, 15) is 45.6 Å². The van der Waals surface area contributed by atoms with Crippen molar-refractivity contribution in [2.45, 2.75) is 344 Å². The zero-order valence-electron chi connectivity index (χ0n) is 46.0. The lowest BCUT2D eigenvalue weighted by Crippen LogP contribution is -2.65. The van der Waals surface area contributed by atoms with Crippen molar-refractivity contribution < 1.29 is 64.6 Å². The molecule has 0 aromatic carbocycles. The molecule has 2 fully saturated rings. The van der Waals surface area contributed by atoms with Gasteiger partial charge in [-0.3, -0.25) is 4.79 Å². The minimum Gasteiger partial charge on any atom is -0.394 e. The Morgan fingerprint density at radius 1 is 0.444 bits per heavy atom. The first-order chi connectivity index (χ1) is 35.1. The van der Waals surface area contributed by atoms with E-state index in [1.165, 1.54) is 193 Å². The molecule has 0 aliphatic carbocycles. The summed E-state index contributed by atoms with van der Waals surface area (Å²) in [7, 11) is 0. The van der Waals surface area contributed by atoms with Gasteiger partial charge in [0.25, 0.3) is 0 Å². The van der Waals surface area contributed by atoms with E-state index >= 15 is 0 Å². The Kier molecular flexibility index (Phi) is 42.0. The van der Waals surface area contributed by atoms with Crippen LogP contribution in [0.15, 0.2) is 0 Å². The molecule has 0 aromatic heterocycles. The van der Waals surface area contributed by atoms with Crippen LogP contribution in [0, 0.1) is 0 Å². The van der Waals surface area contributed by atoms with Crippen molar-refractivity contribution in [2.75, 3.05) is 19.8 Å². The second kappa shape index (κ2) is 45.1. The highest BCUT2D eigenvalue weighted by Gasteiger charge is 2.51. The van der Waals surface area contributed by atoms with Crippen LogP contribution in [-0.2, 0) is 23.7 Å². The van der Waals surface area contributed by atoms with Crippen LogP contribution in [0.4, 0.5) is 0 Å². The van der Waals surface area contributed by atoms with Gasteiger partial charge in [0.2, 0.25) is 5.91 Å². The van der Waals surface area contributed by atoms with Crippen LogP contribution in [0.2, 0.25) is 0 Å². The lowest BCUT2D eigenvalue weighted by molar-refractivity contribution is -0.359.